The summed E-state index contributed by atoms with van der Waals surface area (Å²) < 4.78 is 39.5. The summed E-state index contributed by atoms with van der Waals surface area (Å²) in [5.74, 6) is -4.69. The molecule has 0 heterocycles. The Bertz CT molecular complexity index is 647. The average Bonchev–Trinajstić information content (AvgIpc) is 2.67. The number of halogens is 2. The number of rotatable bonds is 11. The van der Waals surface area contributed by atoms with Crippen LogP contribution in [0.4, 0.5) is 8.78 Å². The van der Waals surface area contributed by atoms with Crippen molar-refractivity contribution < 1.29 is 23.4 Å². The van der Waals surface area contributed by atoms with Gasteiger partial charge in [-0.05, 0) is 11.1 Å². The number of alkyl halides is 2. The van der Waals surface area contributed by atoms with E-state index in [2.05, 4.69) is 6.58 Å². The molecule has 0 aromatic heterocycles. The molecule has 2 aromatic rings. The summed E-state index contributed by atoms with van der Waals surface area (Å²) in [5.41, 5.74) is 1.81. The van der Waals surface area contributed by atoms with Crippen molar-refractivity contribution in [2.24, 2.45) is 5.92 Å². The van der Waals surface area contributed by atoms with Crippen LogP contribution in [0.15, 0.2) is 73.3 Å². The van der Waals surface area contributed by atoms with Crippen LogP contribution in [0.2, 0.25) is 0 Å². The van der Waals surface area contributed by atoms with Gasteiger partial charge < -0.3 is 14.6 Å². The lowest BCUT2D eigenvalue weighted by Crippen LogP contribution is -2.42. The largest absolute Gasteiger partial charge is 0.390 e. The molecule has 0 fully saturated rings. The molecule has 140 valence electrons. The molecule has 0 aliphatic carbocycles. The molecule has 3 nitrogen and oxygen atoms in total. The fourth-order valence-corrected chi connectivity index (χ4v) is 2.60. The summed E-state index contributed by atoms with van der Waals surface area (Å²) in [5, 5.41) is 9.04. The highest BCUT2D eigenvalue weighted by atomic mass is 19.3. The van der Waals surface area contributed by atoms with E-state index in [9.17, 15) is 8.78 Å². The number of aliphatic hydroxyl groups excluding tert-OH is 1. The van der Waals surface area contributed by atoms with Gasteiger partial charge in [-0.15, -0.1) is 6.58 Å². The van der Waals surface area contributed by atoms with Crippen molar-refractivity contribution >= 4 is 0 Å². The SMILES string of the molecule is C=C[C@@H]([C@H](COCc1ccccc1)OCc1ccccc1)C(F)(F)CO. The zero-order valence-corrected chi connectivity index (χ0v) is 14.6. The molecule has 0 unspecified atom stereocenters. The van der Waals surface area contributed by atoms with Crippen LogP contribution in [0.1, 0.15) is 11.1 Å². The number of hydrogen-bond acceptors (Lipinski definition) is 3. The van der Waals surface area contributed by atoms with E-state index in [0.717, 1.165) is 17.2 Å². The van der Waals surface area contributed by atoms with Crippen molar-refractivity contribution in [1.29, 1.82) is 0 Å². The molecule has 0 aliphatic heterocycles. The smallest absolute Gasteiger partial charge is 0.279 e. The van der Waals surface area contributed by atoms with Crippen molar-refractivity contribution in [2.45, 2.75) is 25.2 Å². The minimum Gasteiger partial charge on any atom is -0.390 e. The predicted octanol–water partition coefficient (Wildman–Crippen LogP) is 4.22. The Morgan fingerprint density at radius 1 is 0.962 bits per heavy atom. The van der Waals surface area contributed by atoms with Gasteiger partial charge in [0.1, 0.15) is 6.61 Å². The standard InChI is InChI=1S/C21H24F2O3/c1-2-19(21(22,23)16-24)20(26-14-18-11-7-4-8-12-18)15-25-13-17-9-5-3-6-10-17/h2-12,19-20,24H,1,13-16H2/t19-,20-/m0/s1. The molecule has 0 bridgehead atoms. The van der Waals surface area contributed by atoms with E-state index in [1.165, 1.54) is 0 Å². The first-order valence-electron chi connectivity index (χ1n) is 8.45. The van der Waals surface area contributed by atoms with E-state index in [0.29, 0.717) is 6.61 Å². The molecule has 0 aliphatic rings. The van der Waals surface area contributed by atoms with E-state index >= 15 is 0 Å². The Morgan fingerprint density at radius 2 is 1.50 bits per heavy atom. The van der Waals surface area contributed by atoms with Gasteiger partial charge in [0.05, 0.1) is 31.8 Å². The highest BCUT2D eigenvalue weighted by Crippen LogP contribution is 2.30. The molecule has 1 N–H and O–H groups in total. The Morgan fingerprint density at radius 3 is 2.00 bits per heavy atom. The Balaban J connectivity index is 2.02. The van der Waals surface area contributed by atoms with Crippen LogP contribution in [-0.2, 0) is 22.7 Å². The maximum atomic E-state index is 14.1. The van der Waals surface area contributed by atoms with Gasteiger partial charge >= 0.3 is 0 Å². The van der Waals surface area contributed by atoms with Gasteiger partial charge in [-0.1, -0.05) is 66.7 Å². The van der Waals surface area contributed by atoms with Crippen LogP contribution in [0.25, 0.3) is 0 Å². The van der Waals surface area contributed by atoms with E-state index < -0.39 is 24.6 Å². The fourth-order valence-electron chi connectivity index (χ4n) is 2.60. The number of aliphatic hydroxyl groups is 1. The summed E-state index contributed by atoms with van der Waals surface area (Å²) in [6.45, 7) is 2.65. The Labute approximate surface area is 152 Å². The molecule has 5 heteroatoms. The van der Waals surface area contributed by atoms with Gasteiger partial charge in [0, 0.05) is 0 Å². The first-order valence-corrected chi connectivity index (χ1v) is 8.45. The summed E-state index contributed by atoms with van der Waals surface area (Å²) in [6.07, 6.45) is 0.191. The summed E-state index contributed by atoms with van der Waals surface area (Å²) in [7, 11) is 0. The van der Waals surface area contributed by atoms with Crippen LogP contribution in [0.5, 0.6) is 0 Å². The quantitative estimate of drug-likeness (QED) is 0.609. The fraction of sp³-hybridized carbons (Fsp3) is 0.333. The number of benzene rings is 2. The maximum absolute atomic E-state index is 14.1. The second kappa shape index (κ2) is 10.2. The van der Waals surface area contributed by atoms with E-state index in [-0.39, 0.29) is 13.2 Å². The van der Waals surface area contributed by atoms with Crippen molar-refractivity contribution in [1.82, 2.24) is 0 Å². The molecule has 0 amide bonds. The van der Waals surface area contributed by atoms with Crippen molar-refractivity contribution in [3.05, 3.63) is 84.4 Å². The first-order chi connectivity index (χ1) is 12.6. The molecule has 0 spiro atoms. The lowest BCUT2D eigenvalue weighted by molar-refractivity contribution is -0.147. The summed E-state index contributed by atoms with van der Waals surface area (Å²) >= 11 is 0. The summed E-state index contributed by atoms with van der Waals surface area (Å²) in [4.78, 5) is 0. The molecule has 26 heavy (non-hydrogen) atoms. The molecule has 0 radical (unpaired) electrons. The van der Waals surface area contributed by atoms with Crippen LogP contribution in [-0.4, -0.2) is 30.3 Å². The Hall–Kier alpha value is -2.08. The van der Waals surface area contributed by atoms with Crippen LogP contribution < -0.4 is 0 Å². The molecule has 2 aromatic carbocycles. The van der Waals surface area contributed by atoms with Gasteiger partial charge in [-0.2, -0.15) is 0 Å². The molecular formula is C21H24F2O3. The highest BCUT2D eigenvalue weighted by molar-refractivity contribution is 5.14. The molecule has 0 saturated heterocycles. The zero-order valence-electron chi connectivity index (χ0n) is 14.6. The second-order valence-corrected chi connectivity index (χ2v) is 6.02. The topological polar surface area (TPSA) is 38.7 Å². The second-order valence-electron chi connectivity index (χ2n) is 6.02. The lowest BCUT2D eigenvalue weighted by Gasteiger charge is -2.30. The van der Waals surface area contributed by atoms with E-state index in [1.807, 2.05) is 60.7 Å². The number of hydrogen-bond donors (Lipinski definition) is 1. The summed E-state index contributed by atoms with van der Waals surface area (Å²) in [6, 6.07) is 18.7. The molecule has 2 atom stereocenters. The van der Waals surface area contributed by atoms with Crippen LogP contribution in [0.3, 0.4) is 0 Å². The normalized spacial score (nSPS) is 14.0. The zero-order chi connectivity index (χ0) is 18.8. The maximum Gasteiger partial charge on any atom is 0.279 e. The highest BCUT2D eigenvalue weighted by Gasteiger charge is 2.42. The third kappa shape index (κ3) is 6.02. The van der Waals surface area contributed by atoms with Crippen molar-refractivity contribution in [3.8, 4) is 0 Å². The minimum absolute atomic E-state index is 0.0337. The lowest BCUT2D eigenvalue weighted by atomic mass is 9.95. The van der Waals surface area contributed by atoms with Gasteiger partial charge in [-0.3, -0.25) is 0 Å². The predicted molar refractivity (Wildman–Crippen MR) is 96.8 cm³/mol. The molecule has 0 saturated carbocycles. The van der Waals surface area contributed by atoms with Crippen molar-refractivity contribution in [3.63, 3.8) is 0 Å². The minimum atomic E-state index is -3.33. The van der Waals surface area contributed by atoms with E-state index in [4.69, 9.17) is 14.6 Å². The Kier molecular flexibility index (Phi) is 7.91. The van der Waals surface area contributed by atoms with Gasteiger partial charge in [0.25, 0.3) is 5.92 Å². The van der Waals surface area contributed by atoms with E-state index in [1.54, 1.807) is 0 Å². The third-order valence-electron chi connectivity index (χ3n) is 4.05. The average molecular weight is 362 g/mol. The number of ether oxygens (including phenoxy) is 2. The molecular weight excluding hydrogens is 338 g/mol. The first kappa shape index (κ1) is 20.2. The van der Waals surface area contributed by atoms with Gasteiger partial charge in [0.15, 0.2) is 0 Å². The monoisotopic (exact) mass is 362 g/mol. The van der Waals surface area contributed by atoms with Gasteiger partial charge in [-0.25, -0.2) is 8.78 Å². The van der Waals surface area contributed by atoms with Crippen LogP contribution >= 0.6 is 0 Å². The van der Waals surface area contributed by atoms with Crippen LogP contribution in [0, 0.1) is 5.92 Å². The van der Waals surface area contributed by atoms with Gasteiger partial charge in [0.2, 0.25) is 0 Å². The third-order valence-corrected chi connectivity index (χ3v) is 4.05. The van der Waals surface area contributed by atoms with Crippen molar-refractivity contribution in [2.75, 3.05) is 13.2 Å². The molecule has 2 rings (SSSR count).